The van der Waals surface area contributed by atoms with Crippen LogP contribution in [-0.2, 0) is 0 Å². The van der Waals surface area contributed by atoms with Gasteiger partial charge in [-0.05, 0) is 37.8 Å². The number of hydrogen-bond donors (Lipinski definition) is 1. The fourth-order valence-electron chi connectivity index (χ4n) is 1.92. The standard InChI is InChI=1S/C12H25NO/c1-12(2,3)11(14)7-10-13-8-5-4-6-9-13/h11,14H,4-10H2,1-3H3/t11-/m1/s1. The van der Waals surface area contributed by atoms with Crippen LogP contribution in [0.25, 0.3) is 0 Å². The highest BCUT2D eigenvalue weighted by molar-refractivity contribution is 4.75. The number of aliphatic hydroxyl groups excluding tert-OH is 1. The van der Waals surface area contributed by atoms with Gasteiger partial charge in [0.25, 0.3) is 0 Å². The molecule has 1 aliphatic heterocycles. The second kappa shape index (κ2) is 5.13. The zero-order valence-electron chi connectivity index (χ0n) is 9.92. The second-order valence-corrected chi connectivity index (χ2v) is 5.57. The van der Waals surface area contributed by atoms with Gasteiger partial charge in [0, 0.05) is 6.54 Å². The SMILES string of the molecule is CC(C)(C)[C@H](O)CCN1CCCCC1. The Balaban J connectivity index is 2.19. The summed E-state index contributed by atoms with van der Waals surface area (Å²) in [5, 5.41) is 9.89. The molecule has 0 radical (unpaired) electrons. The van der Waals surface area contributed by atoms with E-state index in [0.717, 1.165) is 13.0 Å². The molecule has 84 valence electrons. The largest absolute Gasteiger partial charge is 0.393 e. The minimum absolute atomic E-state index is 0.0375. The van der Waals surface area contributed by atoms with Gasteiger partial charge >= 0.3 is 0 Å². The fraction of sp³-hybridized carbons (Fsp3) is 1.00. The van der Waals surface area contributed by atoms with Crippen molar-refractivity contribution in [2.24, 2.45) is 5.41 Å². The number of hydrogen-bond acceptors (Lipinski definition) is 2. The van der Waals surface area contributed by atoms with E-state index in [1.165, 1.54) is 32.4 Å². The zero-order valence-corrected chi connectivity index (χ0v) is 9.92. The van der Waals surface area contributed by atoms with Gasteiger partial charge in [-0.3, -0.25) is 0 Å². The second-order valence-electron chi connectivity index (χ2n) is 5.57. The Morgan fingerprint density at radius 2 is 1.71 bits per heavy atom. The van der Waals surface area contributed by atoms with Crippen LogP contribution in [0.4, 0.5) is 0 Å². The molecular weight excluding hydrogens is 174 g/mol. The third-order valence-corrected chi connectivity index (χ3v) is 3.17. The molecule has 1 atom stereocenters. The van der Waals surface area contributed by atoms with Gasteiger partial charge in [-0.2, -0.15) is 0 Å². The quantitative estimate of drug-likeness (QED) is 0.753. The van der Waals surface area contributed by atoms with Crippen molar-refractivity contribution in [2.75, 3.05) is 19.6 Å². The highest BCUT2D eigenvalue weighted by Crippen LogP contribution is 2.22. The molecule has 0 aromatic carbocycles. The van der Waals surface area contributed by atoms with E-state index >= 15 is 0 Å². The molecule has 1 N–H and O–H groups in total. The Labute approximate surface area is 88.3 Å². The van der Waals surface area contributed by atoms with E-state index in [1.54, 1.807) is 0 Å². The van der Waals surface area contributed by atoms with Gasteiger partial charge in [-0.25, -0.2) is 0 Å². The summed E-state index contributed by atoms with van der Waals surface area (Å²) in [6.45, 7) is 9.85. The molecule has 2 nitrogen and oxygen atoms in total. The Bertz CT molecular complexity index is 156. The zero-order chi connectivity index (χ0) is 10.6. The lowest BCUT2D eigenvalue weighted by atomic mass is 9.87. The van der Waals surface area contributed by atoms with E-state index in [1.807, 2.05) is 0 Å². The monoisotopic (exact) mass is 199 g/mol. The number of nitrogens with zero attached hydrogens (tertiary/aromatic N) is 1. The summed E-state index contributed by atoms with van der Waals surface area (Å²) in [4.78, 5) is 2.48. The number of rotatable bonds is 3. The molecule has 14 heavy (non-hydrogen) atoms. The van der Waals surface area contributed by atoms with Crippen molar-refractivity contribution in [3.8, 4) is 0 Å². The van der Waals surface area contributed by atoms with Gasteiger partial charge in [0.2, 0.25) is 0 Å². The van der Waals surface area contributed by atoms with Crippen molar-refractivity contribution >= 4 is 0 Å². The summed E-state index contributed by atoms with van der Waals surface area (Å²) in [5.74, 6) is 0. The summed E-state index contributed by atoms with van der Waals surface area (Å²) < 4.78 is 0. The van der Waals surface area contributed by atoms with E-state index in [2.05, 4.69) is 25.7 Å². The predicted octanol–water partition coefficient (Wildman–Crippen LogP) is 2.27. The Hall–Kier alpha value is -0.0800. The van der Waals surface area contributed by atoms with Gasteiger partial charge in [-0.1, -0.05) is 27.2 Å². The molecule has 0 bridgehead atoms. The van der Waals surface area contributed by atoms with Crippen molar-refractivity contribution < 1.29 is 5.11 Å². The minimum atomic E-state index is -0.163. The minimum Gasteiger partial charge on any atom is -0.393 e. The lowest BCUT2D eigenvalue weighted by Crippen LogP contribution is -2.35. The Morgan fingerprint density at radius 1 is 1.14 bits per heavy atom. The van der Waals surface area contributed by atoms with Crippen molar-refractivity contribution in [1.82, 2.24) is 4.90 Å². The molecule has 1 saturated heterocycles. The van der Waals surface area contributed by atoms with Crippen LogP contribution in [0.5, 0.6) is 0 Å². The molecule has 1 aliphatic rings. The molecule has 0 aromatic rings. The first-order chi connectivity index (χ1) is 6.50. The van der Waals surface area contributed by atoms with Gasteiger partial charge in [0.1, 0.15) is 0 Å². The molecule has 0 amide bonds. The predicted molar refractivity (Wildman–Crippen MR) is 60.4 cm³/mol. The van der Waals surface area contributed by atoms with Crippen LogP contribution in [-0.4, -0.2) is 35.7 Å². The van der Waals surface area contributed by atoms with Gasteiger partial charge in [-0.15, -0.1) is 0 Å². The van der Waals surface area contributed by atoms with E-state index in [-0.39, 0.29) is 11.5 Å². The van der Waals surface area contributed by atoms with Crippen LogP contribution in [0.15, 0.2) is 0 Å². The van der Waals surface area contributed by atoms with E-state index in [0.29, 0.717) is 0 Å². The topological polar surface area (TPSA) is 23.5 Å². The lowest BCUT2D eigenvalue weighted by Gasteiger charge is -2.31. The van der Waals surface area contributed by atoms with Crippen LogP contribution in [0.3, 0.4) is 0 Å². The number of piperidine rings is 1. The van der Waals surface area contributed by atoms with Gasteiger partial charge in [0.15, 0.2) is 0 Å². The van der Waals surface area contributed by atoms with Crippen molar-refractivity contribution in [3.05, 3.63) is 0 Å². The van der Waals surface area contributed by atoms with Gasteiger partial charge in [0.05, 0.1) is 6.10 Å². The van der Waals surface area contributed by atoms with Crippen LogP contribution in [0.2, 0.25) is 0 Å². The smallest absolute Gasteiger partial charge is 0.0600 e. The first-order valence-electron chi connectivity index (χ1n) is 5.90. The molecule has 0 unspecified atom stereocenters. The number of aliphatic hydroxyl groups is 1. The highest BCUT2D eigenvalue weighted by atomic mass is 16.3. The molecule has 0 aliphatic carbocycles. The van der Waals surface area contributed by atoms with Crippen molar-refractivity contribution in [3.63, 3.8) is 0 Å². The summed E-state index contributed by atoms with van der Waals surface area (Å²) in [6, 6.07) is 0. The Kier molecular flexibility index (Phi) is 4.39. The molecule has 0 saturated carbocycles. The number of likely N-dealkylation sites (tertiary alicyclic amines) is 1. The first kappa shape index (κ1) is 12.0. The molecule has 0 spiro atoms. The van der Waals surface area contributed by atoms with Crippen molar-refractivity contribution in [2.45, 2.75) is 52.6 Å². The van der Waals surface area contributed by atoms with E-state index in [4.69, 9.17) is 0 Å². The van der Waals surface area contributed by atoms with Crippen LogP contribution in [0, 0.1) is 5.41 Å². The van der Waals surface area contributed by atoms with Gasteiger partial charge < -0.3 is 10.0 Å². The molecule has 1 heterocycles. The van der Waals surface area contributed by atoms with Crippen LogP contribution < -0.4 is 0 Å². The maximum atomic E-state index is 9.89. The fourth-order valence-corrected chi connectivity index (χ4v) is 1.92. The average Bonchev–Trinajstić information content (AvgIpc) is 2.14. The maximum absolute atomic E-state index is 9.89. The highest BCUT2D eigenvalue weighted by Gasteiger charge is 2.22. The molecular formula is C12H25NO. The third-order valence-electron chi connectivity index (χ3n) is 3.17. The average molecular weight is 199 g/mol. The lowest BCUT2D eigenvalue weighted by molar-refractivity contribution is 0.0437. The molecule has 1 rings (SSSR count). The summed E-state index contributed by atoms with van der Waals surface area (Å²) in [5.41, 5.74) is 0.0375. The molecule has 0 aromatic heterocycles. The molecule has 1 fully saturated rings. The first-order valence-corrected chi connectivity index (χ1v) is 5.90. The van der Waals surface area contributed by atoms with Crippen molar-refractivity contribution in [1.29, 1.82) is 0 Å². The van der Waals surface area contributed by atoms with Crippen LogP contribution >= 0.6 is 0 Å². The normalized spacial score (nSPS) is 22.3. The Morgan fingerprint density at radius 3 is 2.21 bits per heavy atom. The van der Waals surface area contributed by atoms with E-state index < -0.39 is 0 Å². The third kappa shape index (κ3) is 3.97. The molecule has 2 heteroatoms. The summed E-state index contributed by atoms with van der Waals surface area (Å²) >= 11 is 0. The van der Waals surface area contributed by atoms with E-state index in [9.17, 15) is 5.11 Å². The van der Waals surface area contributed by atoms with Crippen LogP contribution in [0.1, 0.15) is 46.5 Å². The maximum Gasteiger partial charge on any atom is 0.0600 e. The summed E-state index contributed by atoms with van der Waals surface area (Å²) in [7, 11) is 0. The summed E-state index contributed by atoms with van der Waals surface area (Å²) in [6.07, 6.45) is 4.82.